The molecule has 4 rings (SSSR count). The van der Waals surface area contributed by atoms with Gasteiger partial charge in [-0.25, -0.2) is 9.97 Å². The third kappa shape index (κ3) is 3.38. The number of benzene rings is 1. The second-order valence-corrected chi connectivity index (χ2v) is 6.37. The Bertz CT molecular complexity index is 732. The Morgan fingerprint density at radius 3 is 2.71 bits per heavy atom. The van der Waals surface area contributed by atoms with Crippen LogP contribution in [-0.4, -0.2) is 41.8 Å². The minimum absolute atomic E-state index is 0.536. The summed E-state index contributed by atoms with van der Waals surface area (Å²) in [7, 11) is 0. The van der Waals surface area contributed by atoms with Crippen LogP contribution in [-0.2, 0) is 13.1 Å². The first-order chi connectivity index (χ1) is 11.9. The van der Waals surface area contributed by atoms with Gasteiger partial charge in [0.1, 0.15) is 12.7 Å². The van der Waals surface area contributed by atoms with Crippen LogP contribution in [0.25, 0.3) is 5.69 Å². The number of likely N-dealkylation sites (tertiary alicyclic amines) is 1. The Morgan fingerprint density at radius 2 is 1.96 bits per heavy atom. The van der Waals surface area contributed by atoms with E-state index in [0.717, 1.165) is 25.3 Å². The standard InChI is InChI=1S/C18H22N6/c1-2-9-22(18(3-1)12-24-15-20-13-21-24)11-16-4-6-17(7-5-16)23-10-8-19-14-23/h4-8,10,13-15,18H,1-3,9,11-12H2/t18-/m0/s1. The van der Waals surface area contributed by atoms with E-state index in [4.69, 9.17) is 0 Å². The lowest BCUT2D eigenvalue weighted by molar-refractivity contribution is 0.122. The molecular weight excluding hydrogens is 300 g/mol. The Hall–Kier alpha value is -2.47. The Kier molecular flexibility index (Phi) is 4.38. The van der Waals surface area contributed by atoms with Gasteiger partial charge in [0, 0.05) is 30.7 Å². The molecule has 0 N–H and O–H groups in total. The summed E-state index contributed by atoms with van der Waals surface area (Å²) in [6.07, 6.45) is 12.8. The molecule has 6 heteroatoms. The van der Waals surface area contributed by atoms with E-state index in [-0.39, 0.29) is 0 Å². The van der Waals surface area contributed by atoms with Crippen molar-refractivity contribution in [2.24, 2.45) is 0 Å². The fourth-order valence-corrected chi connectivity index (χ4v) is 3.44. The van der Waals surface area contributed by atoms with E-state index in [9.17, 15) is 0 Å². The molecular formula is C18H22N6. The van der Waals surface area contributed by atoms with Crippen molar-refractivity contribution in [2.75, 3.05) is 6.54 Å². The molecule has 0 saturated carbocycles. The van der Waals surface area contributed by atoms with Crippen LogP contribution >= 0.6 is 0 Å². The predicted octanol–water partition coefficient (Wildman–Crippen LogP) is 2.52. The summed E-state index contributed by atoms with van der Waals surface area (Å²) < 4.78 is 3.98. The molecule has 1 aliphatic heterocycles. The molecule has 0 bridgehead atoms. The summed E-state index contributed by atoms with van der Waals surface area (Å²) in [6, 6.07) is 9.29. The Morgan fingerprint density at radius 1 is 1.04 bits per heavy atom. The molecule has 1 aromatic carbocycles. The highest BCUT2D eigenvalue weighted by Crippen LogP contribution is 2.21. The van der Waals surface area contributed by atoms with Crippen molar-refractivity contribution in [3.05, 3.63) is 61.2 Å². The van der Waals surface area contributed by atoms with Crippen LogP contribution < -0.4 is 0 Å². The molecule has 0 unspecified atom stereocenters. The van der Waals surface area contributed by atoms with E-state index in [1.807, 2.05) is 28.1 Å². The van der Waals surface area contributed by atoms with Gasteiger partial charge in [-0.1, -0.05) is 18.6 Å². The number of imidazole rings is 1. The first-order valence-corrected chi connectivity index (χ1v) is 8.52. The van der Waals surface area contributed by atoms with Crippen molar-refractivity contribution < 1.29 is 0 Å². The van der Waals surface area contributed by atoms with Crippen LogP contribution in [0.15, 0.2) is 55.6 Å². The lowest BCUT2D eigenvalue weighted by Gasteiger charge is -2.35. The molecule has 1 atom stereocenters. The molecule has 6 nitrogen and oxygen atoms in total. The van der Waals surface area contributed by atoms with Crippen LogP contribution in [0.2, 0.25) is 0 Å². The zero-order chi connectivity index (χ0) is 16.2. The average molecular weight is 322 g/mol. The Labute approximate surface area is 141 Å². The number of rotatable bonds is 5. The first-order valence-electron chi connectivity index (χ1n) is 8.52. The monoisotopic (exact) mass is 322 g/mol. The molecule has 0 amide bonds. The Balaban J connectivity index is 1.44. The van der Waals surface area contributed by atoms with Crippen LogP contribution in [0.1, 0.15) is 24.8 Å². The zero-order valence-electron chi connectivity index (χ0n) is 13.7. The number of nitrogens with zero attached hydrogens (tertiary/aromatic N) is 6. The summed E-state index contributed by atoms with van der Waals surface area (Å²) in [5.74, 6) is 0. The number of hydrogen-bond donors (Lipinski definition) is 0. The maximum absolute atomic E-state index is 4.26. The summed E-state index contributed by atoms with van der Waals surface area (Å²) in [5, 5.41) is 4.26. The van der Waals surface area contributed by atoms with E-state index in [2.05, 4.69) is 44.2 Å². The highest BCUT2D eigenvalue weighted by atomic mass is 15.3. The second kappa shape index (κ2) is 6.97. The fourth-order valence-electron chi connectivity index (χ4n) is 3.44. The van der Waals surface area contributed by atoms with Gasteiger partial charge >= 0.3 is 0 Å². The molecule has 0 radical (unpaired) electrons. The molecule has 24 heavy (non-hydrogen) atoms. The smallest absolute Gasteiger partial charge is 0.137 e. The number of piperidine rings is 1. The number of hydrogen-bond acceptors (Lipinski definition) is 4. The van der Waals surface area contributed by atoms with Gasteiger partial charge in [0.05, 0.1) is 12.9 Å². The molecule has 1 saturated heterocycles. The quantitative estimate of drug-likeness (QED) is 0.724. The van der Waals surface area contributed by atoms with Gasteiger partial charge in [0.25, 0.3) is 0 Å². The minimum Gasteiger partial charge on any atom is -0.306 e. The zero-order valence-corrected chi connectivity index (χ0v) is 13.7. The molecule has 3 heterocycles. The molecule has 1 fully saturated rings. The van der Waals surface area contributed by atoms with Crippen molar-refractivity contribution in [1.82, 2.24) is 29.2 Å². The lowest BCUT2D eigenvalue weighted by Crippen LogP contribution is -2.41. The van der Waals surface area contributed by atoms with Crippen LogP contribution in [0, 0.1) is 0 Å². The van der Waals surface area contributed by atoms with Crippen molar-refractivity contribution >= 4 is 0 Å². The van der Waals surface area contributed by atoms with E-state index in [1.54, 1.807) is 12.5 Å². The van der Waals surface area contributed by atoms with Crippen LogP contribution in [0.3, 0.4) is 0 Å². The van der Waals surface area contributed by atoms with Crippen LogP contribution in [0.4, 0.5) is 0 Å². The molecule has 0 spiro atoms. The summed E-state index contributed by atoms with van der Waals surface area (Å²) in [5.41, 5.74) is 2.50. The summed E-state index contributed by atoms with van der Waals surface area (Å²) in [6.45, 7) is 3.07. The number of aromatic nitrogens is 5. The van der Waals surface area contributed by atoms with Gasteiger partial charge in [0.15, 0.2) is 0 Å². The van der Waals surface area contributed by atoms with E-state index in [0.29, 0.717) is 6.04 Å². The van der Waals surface area contributed by atoms with E-state index in [1.165, 1.54) is 24.8 Å². The molecule has 2 aromatic heterocycles. The fraction of sp³-hybridized carbons (Fsp3) is 0.389. The van der Waals surface area contributed by atoms with Gasteiger partial charge in [-0.15, -0.1) is 0 Å². The highest BCUT2D eigenvalue weighted by molar-refractivity contribution is 5.34. The van der Waals surface area contributed by atoms with Gasteiger partial charge < -0.3 is 4.57 Å². The maximum atomic E-state index is 4.26. The average Bonchev–Trinajstić information content (AvgIpc) is 3.31. The minimum atomic E-state index is 0.536. The molecule has 1 aliphatic rings. The van der Waals surface area contributed by atoms with Crippen molar-refractivity contribution in [3.8, 4) is 5.69 Å². The van der Waals surface area contributed by atoms with Crippen molar-refractivity contribution in [3.63, 3.8) is 0 Å². The topological polar surface area (TPSA) is 51.8 Å². The summed E-state index contributed by atoms with van der Waals surface area (Å²) >= 11 is 0. The molecule has 3 aromatic rings. The van der Waals surface area contributed by atoms with Crippen LogP contribution in [0.5, 0.6) is 0 Å². The largest absolute Gasteiger partial charge is 0.306 e. The third-order valence-corrected chi connectivity index (χ3v) is 4.74. The molecule has 0 aliphatic carbocycles. The van der Waals surface area contributed by atoms with Gasteiger partial charge in [-0.3, -0.25) is 9.58 Å². The molecule has 124 valence electrons. The lowest BCUT2D eigenvalue weighted by atomic mass is 10.0. The third-order valence-electron chi connectivity index (χ3n) is 4.74. The van der Waals surface area contributed by atoms with E-state index < -0.39 is 0 Å². The summed E-state index contributed by atoms with van der Waals surface area (Å²) in [4.78, 5) is 10.7. The SMILES string of the molecule is c1cn(-c2ccc(CN3CCCC[C@H]3Cn3cncn3)cc2)cn1. The van der Waals surface area contributed by atoms with Gasteiger partial charge in [-0.05, 0) is 37.1 Å². The maximum Gasteiger partial charge on any atom is 0.137 e. The highest BCUT2D eigenvalue weighted by Gasteiger charge is 2.23. The van der Waals surface area contributed by atoms with E-state index >= 15 is 0 Å². The van der Waals surface area contributed by atoms with Gasteiger partial charge in [0.2, 0.25) is 0 Å². The second-order valence-electron chi connectivity index (χ2n) is 6.37. The normalized spacial score (nSPS) is 18.8. The first kappa shape index (κ1) is 15.1. The van der Waals surface area contributed by atoms with Crippen molar-refractivity contribution in [1.29, 1.82) is 0 Å². The predicted molar refractivity (Wildman–Crippen MR) is 91.6 cm³/mol. The van der Waals surface area contributed by atoms with Crippen molar-refractivity contribution in [2.45, 2.75) is 38.4 Å². The van der Waals surface area contributed by atoms with Gasteiger partial charge in [-0.2, -0.15) is 5.10 Å².